The quantitative estimate of drug-likeness (QED) is 0.397. The first-order chi connectivity index (χ1) is 16.9. The van der Waals surface area contributed by atoms with Crippen molar-refractivity contribution in [2.24, 2.45) is 5.10 Å². The summed E-state index contributed by atoms with van der Waals surface area (Å²) in [4.78, 5) is 37.7. The number of amides is 2. The molecule has 0 radical (unpaired) electrons. The number of carbonyl (C=O) groups excluding carboxylic acids is 3. The number of hydrogen-bond donors (Lipinski definition) is 2. The maximum atomic E-state index is 13.1. The first-order valence-corrected chi connectivity index (χ1v) is 11.2. The van der Waals surface area contributed by atoms with Crippen LogP contribution in [0.3, 0.4) is 0 Å². The van der Waals surface area contributed by atoms with Crippen LogP contribution in [0.1, 0.15) is 67.9 Å². The van der Waals surface area contributed by atoms with Crippen LogP contribution < -0.4 is 10.7 Å². The van der Waals surface area contributed by atoms with E-state index in [-0.39, 0.29) is 23.5 Å². The Kier molecular flexibility index (Phi) is 7.05. The first-order valence-electron chi connectivity index (χ1n) is 11.2. The van der Waals surface area contributed by atoms with Gasteiger partial charge in [0.2, 0.25) is 0 Å². The highest BCUT2D eigenvalue weighted by molar-refractivity contribution is 6.11. The second-order valence-corrected chi connectivity index (χ2v) is 7.93. The third-order valence-electron chi connectivity index (χ3n) is 5.60. The maximum Gasteiger partial charge on any atom is 0.340 e. The Morgan fingerprint density at radius 1 is 1.06 bits per heavy atom. The van der Waals surface area contributed by atoms with Crippen LogP contribution in [0.4, 0.5) is 10.1 Å². The fourth-order valence-corrected chi connectivity index (χ4v) is 3.94. The number of fused-ring (bicyclic) bond motifs is 1. The third-order valence-corrected chi connectivity index (χ3v) is 5.60. The van der Waals surface area contributed by atoms with Gasteiger partial charge in [-0.05, 0) is 63.1 Å². The molecule has 0 fully saturated rings. The summed E-state index contributed by atoms with van der Waals surface area (Å²) in [7, 11) is 0. The zero-order valence-corrected chi connectivity index (χ0v) is 19.3. The number of hydrazone groups is 1. The lowest BCUT2D eigenvalue weighted by Gasteiger charge is -2.13. The number of aryl methyl sites for hydroxylation is 1. The minimum Gasteiger partial charge on any atom is -0.462 e. The summed E-state index contributed by atoms with van der Waals surface area (Å²) in [6, 6.07) is 11.7. The van der Waals surface area contributed by atoms with E-state index in [4.69, 9.17) is 9.15 Å². The molecule has 0 saturated heterocycles. The number of carbonyl (C=O) groups is 3. The standard InChI is InChI=1S/C26H24FN3O5/c1-3-34-26(33)18-7-4-5-8-19(18)28-25(32)23-15(2)22-20(9-6-10-21(22)35-23)29-30-24(31)16-11-13-17(27)14-12-16/h4-5,7-8,11-14H,3,6,9-10H2,1-2H3,(H,28,32)(H,30,31)/b29-20+. The van der Waals surface area contributed by atoms with Crippen LogP contribution in [0.25, 0.3) is 0 Å². The molecule has 9 heteroatoms. The van der Waals surface area contributed by atoms with Crippen LogP contribution in [0, 0.1) is 12.7 Å². The second-order valence-electron chi connectivity index (χ2n) is 7.93. The van der Waals surface area contributed by atoms with Crippen LogP contribution in [0.5, 0.6) is 0 Å². The number of hydrogen-bond acceptors (Lipinski definition) is 6. The van der Waals surface area contributed by atoms with Gasteiger partial charge in [-0.1, -0.05) is 12.1 Å². The number of anilines is 1. The number of para-hydroxylation sites is 1. The number of furan rings is 1. The molecule has 4 rings (SSSR count). The zero-order valence-electron chi connectivity index (χ0n) is 19.3. The van der Waals surface area contributed by atoms with Gasteiger partial charge in [0.05, 0.1) is 23.6 Å². The second kappa shape index (κ2) is 10.3. The van der Waals surface area contributed by atoms with Gasteiger partial charge in [0.25, 0.3) is 11.8 Å². The largest absolute Gasteiger partial charge is 0.462 e. The van der Waals surface area contributed by atoms with Crippen molar-refractivity contribution in [3.63, 3.8) is 0 Å². The van der Waals surface area contributed by atoms with E-state index in [9.17, 15) is 18.8 Å². The molecule has 3 aromatic rings. The SMILES string of the molecule is CCOC(=O)c1ccccc1NC(=O)c1oc2c(c1C)/C(=N/NC(=O)c1ccc(F)cc1)CCC2. The van der Waals surface area contributed by atoms with E-state index in [0.29, 0.717) is 41.1 Å². The normalized spacial score (nSPS) is 13.7. The van der Waals surface area contributed by atoms with Crippen LogP contribution >= 0.6 is 0 Å². The summed E-state index contributed by atoms with van der Waals surface area (Å²) in [6.07, 6.45) is 1.94. The van der Waals surface area contributed by atoms with Crippen LogP contribution in [0.2, 0.25) is 0 Å². The van der Waals surface area contributed by atoms with E-state index in [0.717, 1.165) is 6.42 Å². The van der Waals surface area contributed by atoms with Crippen molar-refractivity contribution < 1.29 is 27.9 Å². The number of benzene rings is 2. The molecule has 0 saturated carbocycles. The average molecular weight is 477 g/mol. The zero-order chi connectivity index (χ0) is 24.9. The molecule has 8 nitrogen and oxygen atoms in total. The molecule has 0 aliphatic heterocycles. The average Bonchev–Trinajstić information content (AvgIpc) is 3.20. The van der Waals surface area contributed by atoms with E-state index in [1.807, 2.05) is 0 Å². The van der Waals surface area contributed by atoms with Gasteiger partial charge in [-0.3, -0.25) is 9.59 Å². The molecule has 0 spiro atoms. The lowest BCUT2D eigenvalue weighted by Crippen LogP contribution is -2.22. The minimum atomic E-state index is -0.537. The van der Waals surface area contributed by atoms with Crippen molar-refractivity contribution in [3.05, 3.63) is 88.1 Å². The van der Waals surface area contributed by atoms with Gasteiger partial charge in [0, 0.05) is 23.1 Å². The van der Waals surface area contributed by atoms with Crippen molar-refractivity contribution in [1.82, 2.24) is 5.43 Å². The molecule has 2 aromatic carbocycles. The van der Waals surface area contributed by atoms with E-state index >= 15 is 0 Å². The third kappa shape index (κ3) is 5.13. The number of nitrogens with zero attached hydrogens (tertiary/aromatic N) is 1. The van der Waals surface area contributed by atoms with E-state index in [1.165, 1.54) is 24.3 Å². The summed E-state index contributed by atoms with van der Waals surface area (Å²) in [5, 5.41) is 7.00. The predicted octanol–water partition coefficient (Wildman–Crippen LogP) is 4.63. The smallest absolute Gasteiger partial charge is 0.340 e. The molecule has 2 amide bonds. The van der Waals surface area contributed by atoms with Crippen molar-refractivity contribution in [3.8, 4) is 0 Å². The van der Waals surface area contributed by atoms with Gasteiger partial charge >= 0.3 is 5.97 Å². The summed E-state index contributed by atoms with van der Waals surface area (Å²) in [5.74, 6) is -1.25. The summed E-state index contributed by atoms with van der Waals surface area (Å²) >= 11 is 0. The van der Waals surface area contributed by atoms with Crippen LogP contribution in [0.15, 0.2) is 58.0 Å². The number of esters is 1. The highest BCUT2D eigenvalue weighted by Crippen LogP contribution is 2.30. The highest BCUT2D eigenvalue weighted by Gasteiger charge is 2.28. The lowest BCUT2D eigenvalue weighted by molar-refractivity contribution is 0.0527. The van der Waals surface area contributed by atoms with Crippen molar-refractivity contribution in [2.75, 3.05) is 11.9 Å². The van der Waals surface area contributed by atoms with E-state index in [2.05, 4.69) is 15.8 Å². The fraction of sp³-hybridized carbons (Fsp3) is 0.231. The van der Waals surface area contributed by atoms with Gasteiger partial charge in [0.15, 0.2) is 5.76 Å². The van der Waals surface area contributed by atoms with Crippen LogP contribution in [-0.4, -0.2) is 30.1 Å². The number of ether oxygens (including phenoxy) is 1. The molecule has 0 atom stereocenters. The van der Waals surface area contributed by atoms with Crippen molar-refractivity contribution in [2.45, 2.75) is 33.1 Å². The molecule has 1 aromatic heterocycles. The molecular formula is C26H24FN3O5. The van der Waals surface area contributed by atoms with E-state index < -0.39 is 23.6 Å². The molecule has 0 unspecified atom stereocenters. The molecule has 35 heavy (non-hydrogen) atoms. The van der Waals surface area contributed by atoms with Gasteiger partial charge in [-0.25, -0.2) is 14.6 Å². The molecule has 2 N–H and O–H groups in total. The molecule has 1 aliphatic carbocycles. The Hall–Kier alpha value is -4.27. The summed E-state index contributed by atoms with van der Waals surface area (Å²) in [6.45, 7) is 3.67. The first kappa shape index (κ1) is 23.9. The molecule has 1 aliphatic rings. The van der Waals surface area contributed by atoms with Gasteiger partial charge < -0.3 is 14.5 Å². The topological polar surface area (TPSA) is 110 Å². The molecule has 180 valence electrons. The highest BCUT2D eigenvalue weighted by atomic mass is 19.1. The molecule has 0 bridgehead atoms. The van der Waals surface area contributed by atoms with Crippen molar-refractivity contribution in [1.29, 1.82) is 0 Å². The Morgan fingerprint density at radius 2 is 1.80 bits per heavy atom. The van der Waals surface area contributed by atoms with Crippen LogP contribution in [-0.2, 0) is 11.2 Å². The predicted molar refractivity (Wildman–Crippen MR) is 127 cm³/mol. The van der Waals surface area contributed by atoms with Crippen molar-refractivity contribution >= 4 is 29.2 Å². The molecular weight excluding hydrogens is 453 g/mol. The Morgan fingerprint density at radius 3 is 2.54 bits per heavy atom. The summed E-state index contributed by atoms with van der Waals surface area (Å²) < 4.78 is 24.1. The fourth-order valence-electron chi connectivity index (χ4n) is 3.94. The van der Waals surface area contributed by atoms with Gasteiger partial charge in [0.1, 0.15) is 11.6 Å². The number of halogens is 1. The number of nitrogens with one attached hydrogen (secondary N) is 2. The Labute approximate surface area is 201 Å². The lowest BCUT2D eigenvalue weighted by atomic mass is 9.93. The number of rotatable bonds is 6. The van der Waals surface area contributed by atoms with Gasteiger partial charge in [-0.2, -0.15) is 5.10 Å². The maximum absolute atomic E-state index is 13.1. The Balaban J connectivity index is 1.56. The Bertz CT molecular complexity index is 1310. The monoisotopic (exact) mass is 477 g/mol. The molecule has 1 heterocycles. The van der Waals surface area contributed by atoms with E-state index in [1.54, 1.807) is 38.1 Å². The minimum absolute atomic E-state index is 0.105. The summed E-state index contributed by atoms with van der Waals surface area (Å²) in [5.41, 5.74) is 5.18. The van der Waals surface area contributed by atoms with Gasteiger partial charge in [-0.15, -0.1) is 0 Å².